The molecule has 3 nitrogen and oxygen atoms in total. The monoisotopic (exact) mass is 256 g/mol. The summed E-state index contributed by atoms with van der Waals surface area (Å²) >= 11 is 2.05. The van der Waals surface area contributed by atoms with Gasteiger partial charge in [0.25, 0.3) is 0 Å². The minimum atomic E-state index is 0.101. The van der Waals surface area contributed by atoms with Gasteiger partial charge in [0.15, 0.2) is 0 Å². The molecule has 1 N–H and O–H groups in total. The van der Waals surface area contributed by atoms with Crippen molar-refractivity contribution in [2.45, 2.75) is 56.7 Å². The number of thioether (sulfide) groups is 1. The molecule has 0 radical (unpaired) electrons. The van der Waals surface area contributed by atoms with Crippen LogP contribution < -0.4 is 5.32 Å². The molecular formula is C13H24N2OS. The van der Waals surface area contributed by atoms with Crippen molar-refractivity contribution in [1.82, 2.24) is 10.2 Å². The highest BCUT2D eigenvalue weighted by atomic mass is 32.2. The van der Waals surface area contributed by atoms with Crippen LogP contribution in [0.15, 0.2) is 0 Å². The number of nitrogens with zero attached hydrogens (tertiary/aromatic N) is 1. The fourth-order valence-electron chi connectivity index (χ4n) is 2.59. The summed E-state index contributed by atoms with van der Waals surface area (Å²) in [5, 5.41) is 4.03. The van der Waals surface area contributed by atoms with Gasteiger partial charge in [-0.05, 0) is 25.0 Å². The molecule has 4 heteroatoms. The summed E-state index contributed by atoms with van der Waals surface area (Å²) in [6.07, 6.45) is 7.30. The zero-order valence-corrected chi connectivity index (χ0v) is 11.6. The van der Waals surface area contributed by atoms with E-state index in [1.807, 2.05) is 16.7 Å². The minimum Gasteiger partial charge on any atom is -0.327 e. The van der Waals surface area contributed by atoms with E-state index in [0.717, 1.165) is 26.1 Å². The molecule has 98 valence electrons. The Morgan fingerprint density at radius 2 is 2.35 bits per heavy atom. The first kappa shape index (κ1) is 13.2. The third-order valence-corrected chi connectivity index (χ3v) is 5.06. The molecule has 2 rings (SSSR count). The number of unbranched alkanes of at least 4 members (excludes halogenated alkanes) is 1. The summed E-state index contributed by atoms with van der Waals surface area (Å²) in [5.41, 5.74) is 0. The standard InChI is InChI=1S/C13H24N2OS/c1-2-3-7-12-13(16)15(10-14-12)9-11-6-4-5-8-17-11/h11-12,14H,2-10H2,1H3. The van der Waals surface area contributed by atoms with Crippen LogP contribution in [0.2, 0.25) is 0 Å². The lowest BCUT2D eigenvalue weighted by Crippen LogP contribution is -2.35. The topological polar surface area (TPSA) is 32.3 Å². The SMILES string of the molecule is CCCCC1NCN(CC2CCCCS2)C1=O. The van der Waals surface area contributed by atoms with Gasteiger partial charge in [0.05, 0.1) is 12.7 Å². The van der Waals surface area contributed by atoms with E-state index in [1.54, 1.807) is 0 Å². The summed E-state index contributed by atoms with van der Waals surface area (Å²) in [7, 11) is 0. The number of carbonyl (C=O) groups is 1. The molecule has 2 fully saturated rings. The van der Waals surface area contributed by atoms with Crippen molar-refractivity contribution in [1.29, 1.82) is 0 Å². The molecule has 17 heavy (non-hydrogen) atoms. The van der Waals surface area contributed by atoms with Crippen molar-refractivity contribution in [3.63, 3.8) is 0 Å². The molecule has 2 heterocycles. The Labute approximate surface area is 109 Å². The molecule has 0 aliphatic carbocycles. The lowest BCUT2D eigenvalue weighted by Gasteiger charge is -2.26. The Hall–Kier alpha value is -0.220. The Bertz CT molecular complexity index is 254. The third-order valence-electron chi connectivity index (χ3n) is 3.68. The van der Waals surface area contributed by atoms with Gasteiger partial charge >= 0.3 is 0 Å². The summed E-state index contributed by atoms with van der Waals surface area (Å²) < 4.78 is 0. The van der Waals surface area contributed by atoms with Crippen molar-refractivity contribution < 1.29 is 4.79 Å². The first-order valence-electron chi connectivity index (χ1n) is 6.95. The second-order valence-corrected chi connectivity index (χ2v) is 6.51. The summed E-state index contributed by atoms with van der Waals surface area (Å²) in [4.78, 5) is 14.2. The van der Waals surface area contributed by atoms with Gasteiger partial charge in [-0.2, -0.15) is 11.8 Å². The van der Waals surface area contributed by atoms with Crippen molar-refractivity contribution in [3.05, 3.63) is 0 Å². The summed E-state index contributed by atoms with van der Waals surface area (Å²) in [5.74, 6) is 1.61. The molecule has 2 aliphatic rings. The molecule has 0 aromatic heterocycles. The fourth-order valence-corrected chi connectivity index (χ4v) is 3.91. The molecule has 2 unspecified atom stereocenters. The maximum absolute atomic E-state index is 12.1. The lowest BCUT2D eigenvalue weighted by molar-refractivity contribution is -0.129. The van der Waals surface area contributed by atoms with Gasteiger partial charge < -0.3 is 4.90 Å². The van der Waals surface area contributed by atoms with Gasteiger partial charge in [-0.3, -0.25) is 10.1 Å². The Balaban J connectivity index is 1.76. The number of hydrogen-bond acceptors (Lipinski definition) is 3. The molecule has 0 spiro atoms. The van der Waals surface area contributed by atoms with Crippen LogP contribution in [-0.2, 0) is 4.79 Å². The van der Waals surface area contributed by atoms with E-state index in [0.29, 0.717) is 11.2 Å². The fraction of sp³-hybridized carbons (Fsp3) is 0.923. The van der Waals surface area contributed by atoms with E-state index in [1.165, 1.54) is 31.4 Å². The Morgan fingerprint density at radius 1 is 1.47 bits per heavy atom. The lowest BCUT2D eigenvalue weighted by atomic mass is 10.1. The second-order valence-electron chi connectivity index (χ2n) is 5.11. The van der Waals surface area contributed by atoms with E-state index < -0.39 is 0 Å². The van der Waals surface area contributed by atoms with E-state index >= 15 is 0 Å². The summed E-state index contributed by atoms with van der Waals surface area (Å²) in [6.45, 7) is 3.90. The average molecular weight is 256 g/mol. The molecule has 1 amide bonds. The maximum Gasteiger partial charge on any atom is 0.240 e. The zero-order valence-electron chi connectivity index (χ0n) is 10.8. The number of rotatable bonds is 5. The molecule has 2 saturated heterocycles. The Morgan fingerprint density at radius 3 is 3.06 bits per heavy atom. The number of carbonyl (C=O) groups excluding carboxylic acids is 1. The van der Waals surface area contributed by atoms with Crippen molar-refractivity contribution in [2.75, 3.05) is 19.0 Å². The van der Waals surface area contributed by atoms with Crippen molar-refractivity contribution in [3.8, 4) is 0 Å². The van der Waals surface area contributed by atoms with Crippen molar-refractivity contribution >= 4 is 17.7 Å². The van der Waals surface area contributed by atoms with Gasteiger partial charge in [0.2, 0.25) is 5.91 Å². The van der Waals surface area contributed by atoms with E-state index in [9.17, 15) is 4.79 Å². The van der Waals surface area contributed by atoms with Crippen LogP contribution in [0.5, 0.6) is 0 Å². The second kappa shape index (κ2) is 6.64. The normalized spacial score (nSPS) is 29.9. The van der Waals surface area contributed by atoms with Crippen LogP contribution in [0.1, 0.15) is 45.4 Å². The number of nitrogens with one attached hydrogen (secondary N) is 1. The number of hydrogen-bond donors (Lipinski definition) is 1. The first-order chi connectivity index (χ1) is 8.31. The van der Waals surface area contributed by atoms with Crippen LogP contribution in [-0.4, -0.2) is 41.1 Å². The van der Waals surface area contributed by atoms with Crippen LogP contribution in [0, 0.1) is 0 Å². The molecule has 0 saturated carbocycles. The molecule has 2 aliphatic heterocycles. The van der Waals surface area contributed by atoms with Gasteiger partial charge in [-0.25, -0.2) is 0 Å². The molecule has 0 bridgehead atoms. The molecule has 0 aromatic carbocycles. The van der Waals surface area contributed by atoms with Crippen molar-refractivity contribution in [2.24, 2.45) is 0 Å². The van der Waals surface area contributed by atoms with Gasteiger partial charge in [0.1, 0.15) is 0 Å². The number of amides is 1. The van der Waals surface area contributed by atoms with Crippen LogP contribution >= 0.6 is 11.8 Å². The smallest absolute Gasteiger partial charge is 0.240 e. The van der Waals surface area contributed by atoms with Crippen LogP contribution in [0.4, 0.5) is 0 Å². The zero-order chi connectivity index (χ0) is 12.1. The molecule has 0 aromatic rings. The first-order valence-corrected chi connectivity index (χ1v) is 8.00. The predicted octanol–water partition coefficient (Wildman–Crippen LogP) is 2.22. The molecular weight excluding hydrogens is 232 g/mol. The van der Waals surface area contributed by atoms with E-state index in [-0.39, 0.29) is 6.04 Å². The highest BCUT2D eigenvalue weighted by molar-refractivity contribution is 7.99. The van der Waals surface area contributed by atoms with Crippen LogP contribution in [0.3, 0.4) is 0 Å². The highest BCUT2D eigenvalue weighted by Crippen LogP contribution is 2.26. The van der Waals surface area contributed by atoms with E-state index in [2.05, 4.69) is 12.2 Å². The summed E-state index contributed by atoms with van der Waals surface area (Å²) in [6, 6.07) is 0.101. The van der Waals surface area contributed by atoms with E-state index in [4.69, 9.17) is 0 Å². The van der Waals surface area contributed by atoms with Gasteiger partial charge in [0, 0.05) is 11.8 Å². The van der Waals surface area contributed by atoms with Gasteiger partial charge in [-0.1, -0.05) is 26.2 Å². The quantitative estimate of drug-likeness (QED) is 0.818. The van der Waals surface area contributed by atoms with Gasteiger partial charge in [-0.15, -0.1) is 0 Å². The Kier molecular flexibility index (Phi) is 5.16. The largest absolute Gasteiger partial charge is 0.327 e. The third kappa shape index (κ3) is 3.62. The predicted molar refractivity (Wildman–Crippen MR) is 73.1 cm³/mol. The highest BCUT2D eigenvalue weighted by Gasteiger charge is 2.32. The maximum atomic E-state index is 12.1. The minimum absolute atomic E-state index is 0.101. The van der Waals surface area contributed by atoms with Crippen LogP contribution in [0.25, 0.3) is 0 Å². The molecule has 2 atom stereocenters. The average Bonchev–Trinajstić information content (AvgIpc) is 2.70.